The van der Waals surface area contributed by atoms with E-state index in [1.807, 2.05) is 51.2 Å². The predicted molar refractivity (Wildman–Crippen MR) is 83.4 cm³/mol. The SMILES string of the molecule is BOC(=C(C#N)c1ccccc1)c1c(C)cc(C)n1C. The van der Waals surface area contributed by atoms with E-state index >= 15 is 0 Å². The molecule has 3 nitrogen and oxygen atoms in total. The highest BCUT2D eigenvalue weighted by Crippen LogP contribution is 2.29. The van der Waals surface area contributed by atoms with E-state index in [9.17, 15) is 5.26 Å². The monoisotopic (exact) mass is 264 g/mol. The topological polar surface area (TPSA) is 37.9 Å². The van der Waals surface area contributed by atoms with Crippen LogP contribution >= 0.6 is 0 Å². The van der Waals surface area contributed by atoms with Crippen molar-refractivity contribution >= 4 is 19.4 Å². The normalized spacial score (nSPS) is 11.7. The highest BCUT2D eigenvalue weighted by atomic mass is 16.4. The Morgan fingerprint density at radius 2 is 1.90 bits per heavy atom. The lowest BCUT2D eigenvalue weighted by Crippen LogP contribution is -2.03. The average Bonchev–Trinajstić information content (AvgIpc) is 2.71. The van der Waals surface area contributed by atoms with Crippen molar-refractivity contribution in [3.05, 3.63) is 58.9 Å². The number of aromatic nitrogens is 1. The molecule has 0 saturated carbocycles. The van der Waals surface area contributed by atoms with Crippen molar-refractivity contribution in [3.8, 4) is 6.07 Å². The molecule has 100 valence electrons. The highest BCUT2D eigenvalue weighted by Gasteiger charge is 2.17. The lowest BCUT2D eigenvalue weighted by Gasteiger charge is -2.14. The Hall–Kier alpha value is -2.41. The summed E-state index contributed by atoms with van der Waals surface area (Å²) in [5.74, 6) is 0.617. The number of nitriles is 1. The van der Waals surface area contributed by atoms with Crippen molar-refractivity contribution < 1.29 is 4.65 Å². The molecule has 0 amide bonds. The van der Waals surface area contributed by atoms with Crippen LogP contribution < -0.4 is 0 Å². The van der Waals surface area contributed by atoms with E-state index in [-0.39, 0.29) is 0 Å². The van der Waals surface area contributed by atoms with Crippen LogP contribution in [-0.2, 0) is 11.7 Å². The summed E-state index contributed by atoms with van der Waals surface area (Å²) in [5.41, 5.74) is 4.61. The molecule has 0 radical (unpaired) electrons. The molecule has 2 rings (SSSR count). The minimum atomic E-state index is 0.553. The van der Waals surface area contributed by atoms with Gasteiger partial charge in [0.05, 0.1) is 5.69 Å². The van der Waals surface area contributed by atoms with Crippen LogP contribution in [0.5, 0.6) is 0 Å². The van der Waals surface area contributed by atoms with Gasteiger partial charge in [-0.2, -0.15) is 5.26 Å². The van der Waals surface area contributed by atoms with Crippen LogP contribution in [0, 0.1) is 25.2 Å². The van der Waals surface area contributed by atoms with Crippen molar-refractivity contribution in [2.24, 2.45) is 7.05 Å². The molecule has 0 fully saturated rings. The van der Waals surface area contributed by atoms with E-state index < -0.39 is 0 Å². The van der Waals surface area contributed by atoms with Gasteiger partial charge in [-0.3, -0.25) is 0 Å². The van der Waals surface area contributed by atoms with E-state index in [1.165, 1.54) is 0 Å². The first-order valence-electron chi connectivity index (χ1n) is 6.47. The van der Waals surface area contributed by atoms with Gasteiger partial charge >= 0.3 is 8.05 Å². The molecule has 0 bridgehead atoms. The van der Waals surface area contributed by atoms with E-state index in [0.29, 0.717) is 11.3 Å². The molecular formula is C16H17BN2O. The molecule has 1 aromatic heterocycles. The van der Waals surface area contributed by atoms with Gasteiger partial charge in [0, 0.05) is 12.7 Å². The second-order valence-corrected chi connectivity index (χ2v) is 4.76. The second-order valence-electron chi connectivity index (χ2n) is 4.76. The molecule has 0 aliphatic carbocycles. The minimum Gasteiger partial charge on any atom is -0.566 e. The number of nitrogens with zero attached hydrogens (tertiary/aromatic N) is 2. The fourth-order valence-corrected chi connectivity index (χ4v) is 2.42. The zero-order valence-corrected chi connectivity index (χ0v) is 12.3. The van der Waals surface area contributed by atoms with Gasteiger partial charge in [0.2, 0.25) is 0 Å². The standard InChI is InChI=1S/C16H17BN2O/c1-11-9-12(2)19(3)15(11)16(20-17)14(10-18)13-7-5-4-6-8-13/h4-9H,17H2,1-3H3. The molecule has 2 aromatic rings. The molecular weight excluding hydrogens is 247 g/mol. The summed E-state index contributed by atoms with van der Waals surface area (Å²) in [6.07, 6.45) is 0. The number of allylic oxidation sites excluding steroid dienone is 1. The maximum atomic E-state index is 9.53. The Morgan fingerprint density at radius 1 is 1.25 bits per heavy atom. The van der Waals surface area contributed by atoms with Gasteiger partial charge in [0.25, 0.3) is 0 Å². The van der Waals surface area contributed by atoms with Crippen molar-refractivity contribution in [2.75, 3.05) is 0 Å². The summed E-state index contributed by atoms with van der Waals surface area (Å²) in [6.45, 7) is 4.07. The molecule has 20 heavy (non-hydrogen) atoms. The van der Waals surface area contributed by atoms with Crippen LogP contribution in [-0.4, -0.2) is 12.6 Å². The van der Waals surface area contributed by atoms with Crippen LogP contribution in [0.1, 0.15) is 22.5 Å². The molecule has 4 heteroatoms. The van der Waals surface area contributed by atoms with Gasteiger partial charge in [-0.1, -0.05) is 30.3 Å². The van der Waals surface area contributed by atoms with Crippen molar-refractivity contribution in [1.29, 1.82) is 5.26 Å². The summed E-state index contributed by atoms with van der Waals surface area (Å²) >= 11 is 0. The summed E-state index contributed by atoms with van der Waals surface area (Å²) < 4.78 is 7.61. The van der Waals surface area contributed by atoms with E-state index in [1.54, 1.807) is 8.05 Å². The molecule has 0 unspecified atom stereocenters. The fourth-order valence-electron chi connectivity index (χ4n) is 2.42. The van der Waals surface area contributed by atoms with Crippen molar-refractivity contribution in [2.45, 2.75) is 13.8 Å². The summed E-state index contributed by atoms with van der Waals surface area (Å²) in [7, 11) is 3.59. The lowest BCUT2D eigenvalue weighted by molar-refractivity contribution is 0.564. The van der Waals surface area contributed by atoms with Gasteiger partial charge in [-0.15, -0.1) is 0 Å². The summed E-state index contributed by atoms with van der Waals surface area (Å²) in [6, 6.07) is 14.0. The number of hydrogen-bond acceptors (Lipinski definition) is 2. The lowest BCUT2D eigenvalue weighted by atomic mass is 10.0. The third kappa shape index (κ3) is 2.35. The quantitative estimate of drug-likeness (QED) is 0.485. The maximum absolute atomic E-state index is 9.53. The Labute approximate surface area is 120 Å². The van der Waals surface area contributed by atoms with Crippen molar-refractivity contribution in [3.63, 3.8) is 0 Å². The van der Waals surface area contributed by atoms with Gasteiger partial charge in [0.1, 0.15) is 17.4 Å². The third-order valence-corrected chi connectivity index (χ3v) is 3.48. The van der Waals surface area contributed by atoms with Crippen LogP contribution in [0.4, 0.5) is 0 Å². The number of rotatable bonds is 3. The zero-order valence-electron chi connectivity index (χ0n) is 12.3. The Bertz CT molecular complexity index is 693. The molecule has 1 heterocycles. The Kier molecular flexibility index (Phi) is 4.00. The van der Waals surface area contributed by atoms with Crippen LogP contribution in [0.15, 0.2) is 36.4 Å². The fraction of sp³-hybridized carbons (Fsp3) is 0.188. The molecule has 1 aromatic carbocycles. The summed E-state index contributed by atoms with van der Waals surface area (Å²) in [5, 5.41) is 9.53. The van der Waals surface area contributed by atoms with Gasteiger partial charge in [0.15, 0.2) is 0 Å². The number of aryl methyl sites for hydroxylation is 2. The molecule has 0 saturated heterocycles. The van der Waals surface area contributed by atoms with E-state index in [2.05, 4.69) is 16.7 Å². The molecule has 0 atom stereocenters. The Balaban J connectivity index is 2.72. The molecule has 0 N–H and O–H groups in total. The second kappa shape index (κ2) is 5.71. The third-order valence-electron chi connectivity index (χ3n) is 3.48. The number of hydrogen-bond donors (Lipinski definition) is 0. The first kappa shape index (κ1) is 14.0. The van der Waals surface area contributed by atoms with Crippen LogP contribution in [0.2, 0.25) is 0 Å². The van der Waals surface area contributed by atoms with Crippen LogP contribution in [0.3, 0.4) is 0 Å². The zero-order chi connectivity index (χ0) is 14.7. The highest BCUT2D eigenvalue weighted by molar-refractivity contribution is 6.06. The largest absolute Gasteiger partial charge is 0.566 e. The van der Waals surface area contributed by atoms with Gasteiger partial charge < -0.3 is 9.22 Å². The first-order valence-corrected chi connectivity index (χ1v) is 6.47. The van der Waals surface area contributed by atoms with Gasteiger partial charge in [-0.05, 0) is 31.0 Å². The Morgan fingerprint density at radius 3 is 2.35 bits per heavy atom. The van der Waals surface area contributed by atoms with Gasteiger partial charge in [-0.25, -0.2) is 0 Å². The smallest absolute Gasteiger partial charge is 0.322 e. The molecule has 0 spiro atoms. The predicted octanol–water partition coefficient (Wildman–Crippen LogP) is 2.60. The summed E-state index contributed by atoms with van der Waals surface area (Å²) in [4.78, 5) is 0. The first-order chi connectivity index (χ1) is 9.60. The molecule has 0 aliphatic rings. The van der Waals surface area contributed by atoms with Crippen molar-refractivity contribution in [1.82, 2.24) is 4.57 Å². The molecule has 0 aliphatic heterocycles. The van der Waals surface area contributed by atoms with E-state index in [4.69, 9.17) is 4.65 Å². The minimum absolute atomic E-state index is 0.553. The van der Waals surface area contributed by atoms with Crippen LogP contribution in [0.25, 0.3) is 11.3 Å². The maximum Gasteiger partial charge on any atom is 0.322 e. The average molecular weight is 264 g/mol. The number of benzene rings is 1. The van der Waals surface area contributed by atoms with E-state index in [0.717, 1.165) is 22.5 Å².